The van der Waals surface area contributed by atoms with Crippen LogP contribution in [-0.2, 0) is 22.4 Å². The van der Waals surface area contributed by atoms with Crippen molar-refractivity contribution in [2.75, 3.05) is 21.6 Å². The number of alkyl halides is 6. The summed E-state index contributed by atoms with van der Waals surface area (Å²) in [6.45, 7) is 0. The third kappa shape index (κ3) is 7.34. The van der Waals surface area contributed by atoms with Crippen LogP contribution in [0.4, 0.5) is 49.1 Å². The van der Waals surface area contributed by atoms with Crippen molar-refractivity contribution >= 4 is 38.7 Å². The number of hydrogen-bond donors (Lipinski definition) is 3. The van der Waals surface area contributed by atoms with E-state index in [9.17, 15) is 39.6 Å². The highest BCUT2D eigenvalue weighted by molar-refractivity contribution is 7.92. The van der Waals surface area contributed by atoms with Crippen LogP contribution in [0.1, 0.15) is 21.7 Å². The second kappa shape index (κ2) is 9.44. The molecule has 0 fully saturated rings. The van der Waals surface area contributed by atoms with Crippen LogP contribution in [0.3, 0.4) is 0 Å². The van der Waals surface area contributed by atoms with Gasteiger partial charge in [-0.1, -0.05) is 6.07 Å². The molecule has 35 heavy (non-hydrogen) atoms. The molecule has 3 rings (SSSR count). The van der Waals surface area contributed by atoms with Gasteiger partial charge in [-0.2, -0.15) is 26.3 Å². The fourth-order valence-corrected chi connectivity index (χ4v) is 3.39. The number of pyridine rings is 1. The zero-order valence-corrected chi connectivity index (χ0v) is 18.4. The summed E-state index contributed by atoms with van der Waals surface area (Å²) < 4.78 is 103. The Morgan fingerprint density at radius 1 is 0.771 bits per heavy atom. The van der Waals surface area contributed by atoms with Crippen LogP contribution in [0.15, 0.2) is 60.7 Å². The van der Waals surface area contributed by atoms with Crippen molar-refractivity contribution < 1.29 is 39.6 Å². The van der Waals surface area contributed by atoms with Gasteiger partial charge < -0.3 is 10.6 Å². The van der Waals surface area contributed by atoms with E-state index < -0.39 is 45.4 Å². The van der Waals surface area contributed by atoms with Gasteiger partial charge >= 0.3 is 12.4 Å². The molecule has 0 radical (unpaired) electrons. The first-order chi connectivity index (χ1) is 16.1. The summed E-state index contributed by atoms with van der Waals surface area (Å²) >= 11 is 0. The Kier molecular flexibility index (Phi) is 6.96. The summed E-state index contributed by atoms with van der Waals surface area (Å²) in [5.41, 5.74) is -3.16. The molecule has 1 heterocycles. The summed E-state index contributed by atoms with van der Waals surface area (Å²) in [5.74, 6) is -0.582. The SMILES string of the molecule is CS(=O)(=O)Nc1cccc(C(=O)Nc2ccc(Nc3cc(C(F)(F)F)nc(C(F)(F)F)c3)cc2)c1. The van der Waals surface area contributed by atoms with E-state index in [1.54, 1.807) is 0 Å². The van der Waals surface area contributed by atoms with Crippen LogP contribution in [0.25, 0.3) is 0 Å². The molecule has 0 saturated heterocycles. The highest BCUT2D eigenvalue weighted by Crippen LogP contribution is 2.35. The fraction of sp³-hybridized carbons (Fsp3) is 0.143. The predicted molar refractivity (Wildman–Crippen MR) is 117 cm³/mol. The molecule has 186 valence electrons. The summed E-state index contributed by atoms with van der Waals surface area (Å²) in [7, 11) is -3.55. The molecule has 1 aromatic heterocycles. The van der Waals surface area contributed by atoms with Crippen LogP contribution in [-0.4, -0.2) is 25.6 Å². The van der Waals surface area contributed by atoms with Gasteiger partial charge in [-0.25, -0.2) is 13.4 Å². The quantitative estimate of drug-likeness (QED) is 0.375. The van der Waals surface area contributed by atoms with E-state index in [1.165, 1.54) is 48.5 Å². The van der Waals surface area contributed by atoms with Gasteiger partial charge in [-0.15, -0.1) is 0 Å². The third-order valence-corrected chi connectivity index (χ3v) is 4.87. The molecule has 0 bridgehead atoms. The average molecular weight is 518 g/mol. The van der Waals surface area contributed by atoms with Crippen molar-refractivity contribution in [1.82, 2.24) is 4.98 Å². The summed E-state index contributed by atoms with van der Waals surface area (Å²) in [6, 6.07) is 12.0. The molecule has 2 aromatic carbocycles. The van der Waals surface area contributed by atoms with Gasteiger partial charge in [0.25, 0.3) is 5.91 Å². The number of hydrogen-bond acceptors (Lipinski definition) is 5. The van der Waals surface area contributed by atoms with E-state index in [0.29, 0.717) is 12.1 Å². The smallest absolute Gasteiger partial charge is 0.355 e. The monoisotopic (exact) mass is 518 g/mol. The number of rotatable bonds is 6. The lowest BCUT2D eigenvalue weighted by Gasteiger charge is -2.14. The summed E-state index contributed by atoms with van der Waals surface area (Å²) in [6.07, 6.45) is -9.21. The summed E-state index contributed by atoms with van der Waals surface area (Å²) in [4.78, 5) is 15.1. The highest BCUT2D eigenvalue weighted by atomic mass is 32.2. The molecule has 0 spiro atoms. The number of nitrogens with zero attached hydrogens (tertiary/aromatic N) is 1. The predicted octanol–water partition coefficient (Wildman–Crippen LogP) is 5.49. The first-order valence-corrected chi connectivity index (χ1v) is 11.4. The van der Waals surface area contributed by atoms with Crippen molar-refractivity contribution in [2.24, 2.45) is 0 Å². The Hall–Kier alpha value is -3.81. The third-order valence-electron chi connectivity index (χ3n) is 4.27. The standard InChI is InChI=1S/C21H16F6N4O3S/c1-35(33,34)31-15-4-2-3-12(9-15)19(32)29-14-7-5-13(6-8-14)28-16-10-17(20(22,23)24)30-18(11-16)21(25,26)27/h2-11,31H,1H3,(H,28,30)(H,29,32). The second-order valence-electron chi connectivity index (χ2n) is 7.23. The van der Waals surface area contributed by atoms with Crippen molar-refractivity contribution in [3.05, 3.63) is 77.6 Å². The van der Waals surface area contributed by atoms with Gasteiger partial charge in [0.15, 0.2) is 0 Å². The minimum atomic E-state index is -5.08. The van der Waals surface area contributed by atoms with Gasteiger partial charge in [0.2, 0.25) is 10.0 Å². The molecule has 0 atom stereocenters. The van der Waals surface area contributed by atoms with Crippen LogP contribution in [0, 0.1) is 0 Å². The molecular formula is C21H16F6N4O3S. The number of nitrogens with one attached hydrogen (secondary N) is 3. The molecule has 3 aromatic rings. The number of halogens is 6. The van der Waals surface area contributed by atoms with E-state index in [1.807, 2.05) is 0 Å². The number of benzene rings is 2. The zero-order valence-electron chi connectivity index (χ0n) is 17.6. The van der Waals surface area contributed by atoms with E-state index in [-0.39, 0.29) is 22.6 Å². The van der Waals surface area contributed by atoms with E-state index in [2.05, 4.69) is 20.3 Å². The van der Waals surface area contributed by atoms with Crippen molar-refractivity contribution in [3.63, 3.8) is 0 Å². The Morgan fingerprint density at radius 3 is 1.83 bits per heavy atom. The van der Waals surface area contributed by atoms with Crippen molar-refractivity contribution in [2.45, 2.75) is 12.4 Å². The summed E-state index contributed by atoms with van der Waals surface area (Å²) in [5, 5.41) is 5.00. The molecule has 1 amide bonds. The van der Waals surface area contributed by atoms with Gasteiger partial charge in [-0.05, 0) is 54.6 Å². The Bertz CT molecular complexity index is 1310. The van der Waals surface area contributed by atoms with Gasteiger partial charge in [0.1, 0.15) is 11.4 Å². The number of anilines is 4. The van der Waals surface area contributed by atoms with E-state index >= 15 is 0 Å². The molecule has 0 aliphatic heterocycles. The van der Waals surface area contributed by atoms with Crippen LogP contribution in [0.5, 0.6) is 0 Å². The topological polar surface area (TPSA) is 100 Å². The Morgan fingerprint density at radius 2 is 1.31 bits per heavy atom. The minimum absolute atomic E-state index is 0.136. The Labute approximate surface area is 195 Å². The molecule has 0 saturated carbocycles. The molecule has 14 heteroatoms. The molecule has 0 aliphatic carbocycles. The molecular weight excluding hydrogens is 502 g/mol. The lowest BCUT2D eigenvalue weighted by atomic mass is 10.2. The zero-order chi connectivity index (χ0) is 26.0. The van der Waals surface area contributed by atoms with Crippen LogP contribution < -0.4 is 15.4 Å². The maximum Gasteiger partial charge on any atom is 0.433 e. The molecule has 7 nitrogen and oxygen atoms in total. The maximum atomic E-state index is 13.0. The molecule has 0 aliphatic rings. The lowest BCUT2D eigenvalue weighted by Crippen LogP contribution is -2.15. The van der Waals surface area contributed by atoms with Gasteiger partial charge in [-0.3, -0.25) is 9.52 Å². The molecule has 3 N–H and O–H groups in total. The highest BCUT2D eigenvalue weighted by Gasteiger charge is 2.38. The number of carbonyl (C=O) groups excluding carboxylic acids is 1. The number of sulfonamides is 1. The largest absolute Gasteiger partial charge is 0.433 e. The molecule has 0 unspecified atom stereocenters. The Balaban J connectivity index is 1.76. The number of amides is 1. The van der Waals surface area contributed by atoms with Crippen molar-refractivity contribution in [1.29, 1.82) is 0 Å². The van der Waals surface area contributed by atoms with Crippen molar-refractivity contribution in [3.8, 4) is 0 Å². The van der Waals surface area contributed by atoms with Gasteiger partial charge in [0.05, 0.1) is 6.26 Å². The number of carbonyl (C=O) groups is 1. The lowest BCUT2D eigenvalue weighted by molar-refractivity contribution is -0.150. The second-order valence-corrected chi connectivity index (χ2v) is 8.98. The first-order valence-electron chi connectivity index (χ1n) is 9.53. The van der Waals surface area contributed by atoms with E-state index in [0.717, 1.165) is 6.26 Å². The van der Waals surface area contributed by atoms with Crippen LogP contribution in [0.2, 0.25) is 0 Å². The normalized spacial score (nSPS) is 12.2. The minimum Gasteiger partial charge on any atom is -0.355 e. The number of aromatic nitrogens is 1. The average Bonchev–Trinajstić information content (AvgIpc) is 2.72. The maximum absolute atomic E-state index is 13.0. The van der Waals surface area contributed by atoms with E-state index in [4.69, 9.17) is 0 Å². The fourth-order valence-electron chi connectivity index (χ4n) is 2.84. The van der Waals surface area contributed by atoms with Gasteiger partial charge in [0, 0.05) is 28.3 Å². The first kappa shape index (κ1) is 25.8. The van der Waals surface area contributed by atoms with Crippen LogP contribution >= 0.6 is 0 Å².